The van der Waals surface area contributed by atoms with Crippen LogP contribution in [0.1, 0.15) is 28.9 Å². The summed E-state index contributed by atoms with van der Waals surface area (Å²) in [6.07, 6.45) is 4.08. The number of ether oxygens (including phenoxy) is 1. The molecule has 1 aliphatic rings. The second kappa shape index (κ2) is 10.3. The van der Waals surface area contributed by atoms with E-state index in [4.69, 9.17) is 16.3 Å². The Kier molecular flexibility index (Phi) is 7.02. The first-order chi connectivity index (χ1) is 15.6. The first kappa shape index (κ1) is 21.8. The zero-order chi connectivity index (χ0) is 22.3. The highest BCUT2D eigenvalue weighted by molar-refractivity contribution is 6.32. The van der Waals surface area contributed by atoms with Gasteiger partial charge in [-0.1, -0.05) is 17.7 Å². The van der Waals surface area contributed by atoms with Gasteiger partial charge in [0.05, 0.1) is 10.7 Å². The minimum Gasteiger partial charge on any atom is -0.486 e. The number of benzene rings is 2. The molecule has 0 atom stereocenters. The van der Waals surface area contributed by atoms with Crippen LogP contribution in [0, 0.1) is 5.92 Å². The van der Waals surface area contributed by atoms with Crippen molar-refractivity contribution in [2.45, 2.75) is 19.4 Å². The molecule has 1 N–H and O–H groups in total. The number of pyridine rings is 1. The Hall–Kier alpha value is -3.38. The van der Waals surface area contributed by atoms with Gasteiger partial charge >= 0.3 is 0 Å². The summed E-state index contributed by atoms with van der Waals surface area (Å²) in [7, 11) is 0. The number of nitrogens with one attached hydrogen (secondary N) is 1. The number of carbonyl (C=O) groups is 2. The Bertz CT molecular complexity index is 1070. The molecule has 1 aromatic heterocycles. The average molecular weight is 450 g/mol. The van der Waals surface area contributed by atoms with Gasteiger partial charge in [-0.15, -0.1) is 0 Å². The van der Waals surface area contributed by atoms with Gasteiger partial charge in [-0.3, -0.25) is 14.6 Å². The standard InChI is InChI=1S/C25H24ClN3O3/c26-23-15-20(6-9-24(23)32-17-21-3-1-2-12-27-21)28-25(31)19-10-13-29(14-11-19)22-7-4-18(16-30)5-8-22/h1-9,12,15-16,19H,10-11,13-14,17H2,(H,28,31). The summed E-state index contributed by atoms with van der Waals surface area (Å²) >= 11 is 6.35. The molecule has 1 saturated heterocycles. The number of nitrogens with zero attached hydrogens (tertiary/aromatic N) is 2. The Morgan fingerprint density at radius 1 is 1.12 bits per heavy atom. The molecule has 7 heteroatoms. The molecular formula is C25H24ClN3O3. The molecule has 1 aliphatic heterocycles. The van der Waals surface area contributed by atoms with Crippen molar-refractivity contribution >= 4 is 35.2 Å². The van der Waals surface area contributed by atoms with Gasteiger partial charge in [-0.2, -0.15) is 0 Å². The largest absolute Gasteiger partial charge is 0.486 e. The van der Waals surface area contributed by atoms with E-state index in [1.165, 1.54) is 0 Å². The van der Waals surface area contributed by atoms with Crippen LogP contribution in [0.25, 0.3) is 0 Å². The molecule has 32 heavy (non-hydrogen) atoms. The summed E-state index contributed by atoms with van der Waals surface area (Å²) in [5, 5.41) is 3.41. The molecule has 1 amide bonds. The maximum absolute atomic E-state index is 12.8. The monoisotopic (exact) mass is 449 g/mol. The molecule has 0 radical (unpaired) electrons. The Morgan fingerprint density at radius 3 is 2.56 bits per heavy atom. The number of aromatic nitrogens is 1. The summed E-state index contributed by atoms with van der Waals surface area (Å²) in [4.78, 5) is 30.0. The van der Waals surface area contributed by atoms with Crippen LogP contribution in [-0.4, -0.2) is 30.3 Å². The van der Waals surface area contributed by atoms with Gasteiger partial charge in [0.25, 0.3) is 0 Å². The van der Waals surface area contributed by atoms with E-state index >= 15 is 0 Å². The van der Waals surface area contributed by atoms with E-state index in [2.05, 4.69) is 15.2 Å². The van der Waals surface area contributed by atoms with E-state index in [9.17, 15) is 9.59 Å². The Balaban J connectivity index is 1.29. The topological polar surface area (TPSA) is 71.5 Å². The Labute approximate surface area is 192 Å². The average Bonchev–Trinajstić information content (AvgIpc) is 2.84. The maximum atomic E-state index is 12.8. The molecule has 1 fully saturated rings. The van der Waals surface area contributed by atoms with Crippen molar-refractivity contribution in [3.05, 3.63) is 83.1 Å². The fourth-order valence-electron chi connectivity index (χ4n) is 3.74. The number of aldehydes is 1. The third kappa shape index (κ3) is 5.45. The lowest BCUT2D eigenvalue weighted by Gasteiger charge is -2.33. The van der Waals surface area contributed by atoms with Crippen LogP contribution in [0.4, 0.5) is 11.4 Å². The quantitative estimate of drug-likeness (QED) is 0.515. The molecular weight excluding hydrogens is 426 g/mol. The Morgan fingerprint density at radius 2 is 1.91 bits per heavy atom. The van der Waals surface area contributed by atoms with E-state index in [1.807, 2.05) is 42.5 Å². The molecule has 2 aromatic carbocycles. The number of rotatable bonds is 7. The van der Waals surface area contributed by atoms with E-state index in [0.29, 0.717) is 28.6 Å². The van der Waals surface area contributed by atoms with Crippen molar-refractivity contribution in [1.82, 2.24) is 4.98 Å². The van der Waals surface area contributed by atoms with Crippen LogP contribution >= 0.6 is 11.6 Å². The van der Waals surface area contributed by atoms with Gasteiger partial charge in [0.2, 0.25) is 5.91 Å². The number of halogens is 1. The van der Waals surface area contributed by atoms with Crippen molar-refractivity contribution < 1.29 is 14.3 Å². The fourth-order valence-corrected chi connectivity index (χ4v) is 3.97. The minimum absolute atomic E-state index is 0.000765. The number of piperidine rings is 1. The summed E-state index contributed by atoms with van der Waals surface area (Å²) in [5.74, 6) is 0.489. The van der Waals surface area contributed by atoms with Gasteiger partial charge in [0, 0.05) is 42.1 Å². The molecule has 0 aliphatic carbocycles. The van der Waals surface area contributed by atoms with E-state index in [0.717, 1.165) is 43.6 Å². The maximum Gasteiger partial charge on any atom is 0.227 e. The predicted octanol–water partition coefficient (Wildman–Crippen LogP) is 4.98. The summed E-state index contributed by atoms with van der Waals surface area (Å²) in [5.41, 5.74) is 3.20. The smallest absolute Gasteiger partial charge is 0.227 e. The second-order valence-electron chi connectivity index (χ2n) is 7.71. The number of amides is 1. The van der Waals surface area contributed by atoms with Gasteiger partial charge < -0.3 is 15.0 Å². The van der Waals surface area contributed by atoms with Crippen LogP contribution in [0.5, 0.6) is 5.75 Å². The predicted molar refractivity (Wildman–Crippen MR) is 125 cm³/mol. The normalized spacial score (nSPS) is 14.1. The fraction of sp³-hybridized carbons (Fsp3) is 0.240. The third-order valence-corrected chi connectivity index (χ3v) is 5.86. The van der Waals surface area contributed by atoms with Crippen molar-refractivity contribution in [1.29, 1.82) is 0 Å². The van der Waals surface area contributed by atoms with Gasteiger partial charge in [-0.25, -0.2) is 0 Å². The third-order valence-electron chi connectivity index (χ3n) is 5.56. The zero-order valence-corrected chi connectivity index (χ0v) is 18.3. The highest BCUT2D eigenvalue weighted by Crippen LogP contribution is 2.29. The van der Waals surface area contributed by atoms with Crippen LogP contribution < -0.4 is 15.0 Å². The number of hydrogen-bond donors (Lipinski definition) is 1. The second-order valence-corrected chi connectivity index (χ2v) is 8.12. The summed E-state index contributed by atoms with van der Waals surface area (Å²) in [6.45, 7) is 1.90. The highest BCUT2D eigenvalue weighted by Gasteiger charge is 2.25. The van der Waals surface area contributed by atoms with Crippen molar-refractivity contribution in [2.75, 3.05) is 23.3 Å². The molecule has 2 heterocycles. The van der Waals surface area contributed by atoms with Gasteiger partial charge in [0.1, 0.15) is 18.6 Å². The molecule has 0 bridgehead atoms. The van der Waals surface area contributed by atoms with Crippen molar-refractivity contribution in [2.24, 2.45) is 5.92 Å². The molecule has 0 spiro atoms. The van der Waals surface area contributed by atoms with E-state index in [-0.39, 0.29) is 11.8 Å². The van der Waals surface area contributed by atoms with Crippen LogP contribution in [0.15, 0.2) is 66.9 Å². The number of carbonyl (C=O) groups excluding carboxylic acids is 2. The van der Waals surface area contributed by atoms with Gasteiger partial charge in [-0.05, 0) is 67.4 Å². The minimum atomic E-state index is -0.0562. The van der Waals surface area contributed by atoms with Crippen LogP contribution in [0.2, 0.25) is 5.02 Å². The van der Waals surface area contributed by atoms with Crippen molar-refractivity contribution in [3.63, 3.8) is 0 Å². The van der Waals surface area contributed by atoms with Crippen LogP contribution in [-0.2, 0) is 11.4 Å². The number of anilines is 2. The van der Waals surface area contributed by atoms with Crippen LogP contribution in [0.3, 0.4) is 0 Å². The molecule has 4 rings (SSSR count). The molecule has 6 nitrogen and oxygen atoms in total. The van der Waals surface area contributed by atoms with E-state index < -0.39 is 0 Å². The number of hydrogen-bond acceptors (Lipinski definition) is 5. The molecule has 0 unspecified atom stereocenters. The summed E-state index contributed by atoms with van der Waals surface area (Å²) in [6, 6.07) is 18.4. The summed E-state index contributed by atoms with van der Waals surface area (Å²) < 4.78 is 5.74. The van der Waals surface area contributed by atoms with Crippen molar-refractivity contribution in [3.8, 4) is 5.75 Å². The van der Waals surface area contributed by atoms with Gasteiger partial charge in [0.15, 0.2) is 0 Å². The lowest BCUT2D eigenvalue weighted by molar-refractivity contribution is -0.120. The lowest BCUT2D eigenvalue weighted by atomic mass is 9.95. The molecule has 164 valence electrons. The first-order valence-corrected chi connectivity index (χ1v) is 10.9. The molecule has 0 saturated carbocycles. The highest BCUT2D eigenvalue weighted by atomic mass is 35.5. The zero-order valence-electron chi connectivity index (χ0n) is 17.5. The first-order valence-electron chi connectivity index (χ1n) is 10.6. The molecule has 3 aromatic rings. The van der Waals surface area contributed by atoms with E-state index in [1.54, 1.807) is 24.4 Å². The lowest BCUT2D eigenvalue weighted by Crippen LogP contribution is -2.38. The SMILES string of the molecule is O=Cc1ccc(N2CCC(C(=O)Nc3ccc(OCc4ccccn4)c(Cl)c3)CC2)cc1.